The summed E-state index contributed by atoms with van der Waals surface area (Å²) < 4.78 is 0. The first-order valence-electron chi connectivity index (χ1n) is 13.0. The highest BCUT2D eigenvalue weighted by Gasteiger charge is 2.59. The molecule has 0 spiro atoms. The number of fused-ring (bicyclic) bond motifs is 5. The number of aliphatic hydroxyl groups excluding tert-OH is 1. The Hall–Kier alpha value is -1.22. The van der Waals surface area contributed by atoms with Gasteiger partial charge in [-0.1, -0.05) is 32.4 Å². The number of aliphatic hydroxyl groups is 1. The Kier molecular flexibility index (Phi) is 5.56. The van der Waals surface area contributed by atoms with Crippen molar-refractivity contribution in [3.05, 3.63) is 35.4 Å². The molecule has 1 aromatic rings. The molecule has 170 valence electrons. The van der Waals surface area contributed by atoms with E-state index in [2.05, 4.69) is 42.9 Å². The van der Waals surface area contributed by atoms with Crippen LogP contribution in [0.5, 0.6) is 0 Å². The molecule has 0 saturated heterocycles. The summed E-state index contributed by atoms with van der Waals surface area (Å²) in [6.45, 7) is 9.71. The molecule has 1 aromatic heterocycles. The maximum atomic E-state index is 10.2. The van der Waals surface area contributed by atoms with Crippen LogP contribution in [0.15, 0.2) is 23.9 Å². The van der Waals surface area contributed by atoms with Gasteiger partial charge in [-0.15, -0.1) is 0 Å². The molecule has 0 bridgehead atoms. The molecule has 0 amide bonds. The molecule has 3 nitrogen and oxygen atoms in total. The summed E-state index contributed by atoms with van der Waals surface area (Å²) in [7, 11) is 0. The molecule has 4 aliphatic carbocycles. The van der Waals surface area contributed by atoms with Crippen molar-refractivity contribution in [1.82, 2.24) is 9.97 Å². The minimum atomic E-state index is -0.0971. The Morgan fingerprint density at radius 3 is 2.77 bits per heavy atom. The summed E-state index contributed by atoms with van der Waals surface area (Å²) >= 11 is 0. The molecule has 4 aliphatic rings. The molecule has 3 heteroatoms. The van der Waals surface area contributed by atoms with Crippen LogP contribution in [-0.4, -0.2) is 21.2 Å². The first-order chi connectivity index (χ1) is 14.8. The molecular formula is C28H42N2O. The zero-order valence-corrected chi connectivity index (χ0v) is 20.1. The maximum Gasteiger partial charge on any atom is 0.125 e. The van der Waals surface area contributed by atoms with Crippen LogP contribution in [0.2, 0.25) is 0 Å². The standard InChI is InChI=1S/C28H42N2O/c1-18(5-7-21-13-16-29-19(2)30-21)24-9-10-25-23-8-6-20-17-22(31)11-14-27(20,3)26(23)12-15-28(24,25)4/h6,13,16,18,22-26,31H,5,7-12,14-15,17H2,1-4H3/t18?,22-,23-,24+,25-,26-,27-,28+/m0/s1. The molecule has 31 heavy (non-hydrogen) atoms. The van der Waals surface area contributed by atoms with Crippen molar-refractivity contribution in [2.75, 3.05) is 0 Å². The summed E-state index contributed by atoms with van der Waals surface area (Å²) in [4.78, 5) is 8.90. The fourth-order valence-corrected chi connectivity index (χ4v) is 8.84. The van der Waals surface area contributed by atoms with Crippen molar-refractivity contribution < 1.29 is 5.11 Å². The second-order valence-electron chi connectivity index (χ2n) is 12.0. The number of hydrogen-bond acceptors (Lipinski definition) is 3. The topological polar surface area (TPSA) is 46.0 Å². The number of aromatic nitrogens is 2. The minimum Gasteiger partial charge on any atom is -0.393 e. The monoisotopic (exact) mass is 422 g/mol. The van der Waals surface area contributed by atoms with Crippen molar-refractivity contribution in [3.8, 4) is 0 Å². The molecule has 0 aliphatic heterocycles. The Balaban J connectivity index is 1.31. The van der Waals surface area contributed by atoms with Crippen molar-refractivity contribution in [2.24, 2.45) is 40.4 Å². The average molecular weight is 423 g/mol. The van der Waals surface area contributed by atoms with Crippen LogP contribution in [0.25, 0.3) is 0 Å². The summed E-state index contributed by atoms with van der Waals surface area (Å²) in [6, 6.07) is 2.10. The van der Waals surface area contributed by atoms with Gasteiger partial charge in [-0.05, 0) is 118 Å². The summed E-state index contributed by atoms with van der Waals surface area (Å²) in [5.74, 6) is 5.11. The van der Waals surface area contributed by atoms with Gasteiger partial charge in [0.25, 0.3) is 0 Å². The molecule has 0 aromatic carbocycles. The smallest absolute Gasteiger partial charge is 0.125 e. The van der Waals surface area contributed by atoms with Crippen molar-refractivity contribution in [1.29, 1.82) is 0 Å². The van der Waals surface area contributed by atoms with Gasteiger partial charge in [-0.3, -0.25) is 0 Å². The zero-order valence-electron chi connectivity index (χ0n) is 20.1. The number of nitrogens with zero attached hydrogens (tertiary/aromatic N) is 2. The fourth-order valence-electron chi connectivity index (χ4n) is 8.84. The van der Waals surface area contributed by atoms with Gasteiger partial charge in [0, 0.05) is 11.9 Å². The second-order valence-corrected chi connectivity index (χ2v) is 12.0. The molecule has 3 fully saturated rings. The predicted octanol–water partition coefficient (Wildman–Crippen LogP) is 6.29. The predicted molar refractivity (Wildman–Crippen MR) is 125 cm³/mol. The van der Waals surface area contributed by atoms with E-state index in [-0.39, 0.29) is 6.10 Å². The first kappa shape index (κ1) is 21.6. The maximum absolute atomic E-state index is 10.2. The van der Waals surface area contributed by atoms with E-state index < -0.39 is 0 Å². The van der Waals surface area contributed by atoms with Crippen LogP contribution < -0.4 is 0 Å². The van der Waals surface area contributed by atoms with Crippen LogP contribution in [0.1, 0.15) is 90.1 Å². The SMILES string of the molecule is Cc1nccc(CCC(C)[C@H]2CC[C@H]3[C@@H]4CC=C5C[C@@H](O)CC[C@]5(C)[C@H]4CC[C@]23C)n1. The quantitative estimate of drug-likeness (QED) is 0.580. The fraction of sp³-hybridized carbons (Fsp3) is 0.786. The molecule has 1 heterocycles. The first-order valence-corrected chi connectivity index (χ1v) is 13.0. The van der Waals surface area contributed by atoms with E-state index in [1.165, 1.54) is 50.6 Å². The average Bonchev–Trinajstić information content (AvgIpc) is 3.10. The molecule has 1 unspecified atom stereocenters. The summed E-state index contributed by atoms with van der Waals surface area (Å²) in [6.07, 6.45) is 16.8. The molecule has 5 rings (SSSR count). The van der Waals surface area contributed by atoms with Crippen molar-refractivity contribution in [2.45, 2.75) is 98.0 Å². The Bertz CT molecular complexity index is 849. The number of hydrogen-bond donors (Lipinski definition) is 1. The van der Waals surface area contributed by atoms with E-state index in [1.54, 1.807) is 5.57 Å². The number of aryl methyl sites for hydroxylation is 2. The molecular weight excluding hydrogens is 380 g/mol. The normalized spacial score (nSPS) is 42.9. The van der Waals surface area contributed by atoms with E-state index in [0.29, 0.717) is 10.8 Å². The van der Waals surface area contributed by atoms with Crippen molar-refractivity contribution >= 4 is 0 Å². The third kappa shape index (κ3) is 3.59. The van der Waals surface area contributed by atoms with Crippen LogP contribution >= 0.6 is 0 Å². The van der Waals surface area contributed by atoms with Gasteiger partial charge in [0.05, 0.1) is 6.10 Å². The van der Waals surface area contributed by atoms with E-state index >= 15 is 0 Å². The molecule has 3 saturated carbocycles. The lowest BCUT2D eigenvalue weighted by molar-refractivity contribution is -0.0571. The van der Waals surface area contributed by atoms with Gasteiger partial charge in [0.1, 0.15) is 5.82 Å². The van der Waals surface area contributed by atoms with E-state index in [4.69, 9.17) is 0 Å². The van der Waals surface area contributed by atoms with Crippen LogP contribution in [0.4, 0.5) is 0 Å². The largest absolute Gasteiger partial charge is 0.393 e. The summed E-state index contributed by atoms with van der Waals surface area (Å²) in [5, 5.41) is 10.2. The molecule has 0 radical (unpaired) electrons. The molecule has 8 atom stereocenters. The lowest BCUT2D eigenvalue weighted by atomic mass is 9.47. The van der Waals surface area contributed by atoms with Crippen LogP contribution in [0, 0.1) is 47.3 Å². The number of allylic oxidation sites excluding steroid dienone is 1. The lowest BCUT2D eigenvalue weighted by Crippen LogP contribution is -2.50. The second kappa shape index (κ2) is 7.97. The van der Waals surface area contributed by atoms with E-state index in [9.17, 15) is 5.11 Å². The molecule has 1 N–H and O–H groups in total. The highest BCUT2D eigenvalue weighted by atomic mass is 16.3. The zero-order chi connectivity index (χ0) is 21.8. The Morgan fingerprint density at radius 1 is 1.13 bits per heavy atom. The number of rotatable bonds is 4. The van der Waals surface area contributed by atoms with Crippen LogP contribution in [0.3, 0.4) is 0 Å². The summed E-state index contributed by atoms with van der Waals surface area (Å²) in [5.41, 5.74) is 3.68. The van der Waals surface area contributed by atoms with Crippen LogP contribution in [-0.2, 0) is 6.42 Å². The van der Waals surface area contributed by atoms with Gasteiger partial charge in [-0.2, -0.15) is 0 Å². The lowest BCUT2D eigenvalue weighted by Gasteiger charge is -2.58. The third-order valence-electron chi connectivity index (χ3n) is 10.5. The highest BCUT2D eigenvalue weighted by Crippen LogP contribution is 2.67. The minimum absolute atomic E-state index is 0.0971. The van der Waals surface area contributed by atoms with E-state index in [0.717, 1.165) is 54.7 Å². The third-order valence-corrected chi connectivity index (χ3v) is 10.5. The van der Waals surface area contributed by atoms with Gasteiger partial charge >= 0.3 is 0 Å². The van der Waals surface area contributed by atoms with Gasteiger partial charge in [0.2, 0.25) is 0 Å². The van der Waals surface area contributed by atoms with Gasteiger partial charge < -0.3 is 5.11 Å². The Labute approximate surface area is 189 Å². The van der Waals surface area contributed by atoms with Gasteiger partial charge in [-0.25, -0.2) is 9.97 Å². The van der Waals surface area contributed by atoms with Crippen molar-refractivity contribution in [3.63, 3.8) is 0 Å². The van der Waals surface area contributed by atoms with E-state index in [1.807, 2.05) is 13.1 Å². The Morgan fingerprint density at radius 2 is 1.97 bits per heavy atom. The van der Waals surface area contributed by atoms with Gasteiger partial charge in [0.15, 0.2) is 0 Å². The highest BCUT2D eigenvalue weighted by molar-refractivity contribution is 5.25.